The monoisotopic (exact) mass is 345 g/mol. The van der Waals surface area contributed by atoms with Gasteiger partial charge in [-0.25, -0.2) is 9.78 Å². The molecule has 0 atom stereocenters. The zero-order valence-corrected chi connectivity index (χ0v) is 13.7. The minimum Gasteiger partial charge on any atom is -0.408 e. The van der Waals surface area contributed by atoms with Gasteiger partial charge in [0.2, 0.25) is 0 Å². The summed E-state index contributed by atoms with van der Waals surface area (Å²) in [5.41, 5.74) is 3.10. The summed E-state index contributed by atoms with van der Waals surface area (Å²) in [5.74, 6) is 0.188. The summed E-state index contributed by atoms with van der Waals surface area (Å²) in [4.78, 5) is 0.134. The molecular formula is C18H11N5OS. The van der Waals surface area contributed by atoms with E-state index in [2.05, 4.69) is 21.4 Å². The van der Waals surface area contributed by atoms with E-state index in [0.29, 0.717) is 17.0 Å². The number of aromatic nitrogens is 4. The van der Waals surface area contributed by atoms with E-state index in [-0.39, 0.29) is 10.7 Å². The van der Waals surface area contributed by atoms with Gasteiger partial charge in [-0.3, -0.25) is 0 Å². The fourth-order valence-electron chi connectivity index (χ4n) is 2.62. The number of rotatable bonds is 3. The van der Waals surface area contributed by atoms with Gasteiger partial charge in [0, 0.05) is 5.56 Å². The van der Waals surface area contributed by atoms with Crippen LogP contribution in [-0.4, -0.2) is 20.0 Å². The second-order valence-electron chi connectivity index (χ2n) is 5.22. The zero-order chi connectivity index (χ0) is 17.2. The third kappa shape index (κ3) is 2.65. The van der Waals surface area contributed by atoms with Crippen LogP contribution in [-0.2, 0) is 0 Å². The van der Waals surface area contributed by atoms with E-state index in [1.54, 1.807) is 4.68 Å². The number of benzene rings is 2. The topological polar surface area (TPSA) is 83.4 Å². The molecule has 4 rings (SSSR count). The van der Waals surface area contributed by atoms with Crippen LogP contribution in [0.1, 0.15) is 5.56 Å². The highest BCUT2D eigenvalue weighted by molar-refractivity contribution is 7.71. The Labute approximate surface area is 148 Å². The molecule has 2 heterocycles. The molecule has 1 N–H and O–H groups in total. The van der Waals surface area contributed by atoms with Crippen molar-refractivity contribution >= 4 is 12.2 Å². The second-order valence-corrected chi connectivity index (χ2v) is 5.59. The van der Waals surface area contributed by atoms with Crippen LogP contribution in [0.5, 0.6) is 0 Å². The Hall–Kier alpha value is -3.50. The van der Waals surface area contributed by atoms with Crippen molar-refractivity contribution in [2.24, 2.45) is 0 Å². The van der Waals surface area contributed by atoms with Gasteiger partial charge in [0.1, 0.15) is 11.6 Å². The first kappa shape index (κ1) is 15.1. The average Bonchev–Trinajstić information content (AvgIpc) is 3.26. The molecule has 0 aliphatic carbocycles. The Morgan fingerprint density at radius 3 is 2.32 bits per heavy atom. The first-order valence-corrected chi connectivity index (χ1v) is 7.88. The lowest BCUT2D eigenvalue weighted by Crippen LogP contribution is -1.99. The van der Waals surface area contributed by atoms with Gasteiger partial charge in [0.15, 0.2) is 5.69 Å². The first-order chi connectivity index (χ1) is 12.3. The van der Waals surface area contributed by atoms with Gasteiger partial charge in [-0.2, -0.15) is 10.4 Å². The molecule has 0 bridgehead atoms. The molecule has 0 aliphatic rings. The summed E-state index contributed by atoms with van der Waals surface area (Å²) < 4.78 is 7.09. The number of para-hydroxylation sites is 1. The minimum absolute atomic E-state index is 0.134. The van der Waals surface area contributed by atoms with Gasteiger partial charge in [-0.15, -0.1) is 5.10 Å². The van der Waals surface area contributed by atoms with E-state index >= 15 is 0 Å². The molecule has 0 saturated heterocycles. The number of nitrogens with zero attached hydrogens (tertiary/aromatic N) is 4. The summed E-state index contributed by atoms with van der Waals surface area (Å²) in [6.07, 6.45) is 0. The standard InChI is InChI=1S/C18H11N5OS/c19-11-14-15(17-20-21-18(25)24-17)22-23(13-9-5-2-6-10-13)16(14)12-7-3-1-4-8-12/h1-10H,(H,21,25). The molecule has 7 heteroatoms. The fraction of sp³-hybridized carbons (Fsp3) is 0. The summed E-state index contributed by atoms with van der Waals surface area (Å²) >= 11 is 4.94. The van der Waals surface area contributed by atoms with Crippen LogP contribution in [0.2, 0.25) is 0 Å². The highest BCUT2D eigenvalue weighted by Crippen LogP contribution is 2.32. The van der Waals surface area contributed by atoms with Gasteiger partial charge in [0.25, 0.3) is 10.7 Å². The number of hydrogen-bond donors (Lipinski definition) is 1. The first-order valence-electron chi connectivity index (χ1n) is 7.48. The van der Waals surface area contributed by atoms with Crippen LogP contribution >= 0.6 is 12.2 Å². The summed E-state index contributed by atoms with van der Waals surface area (Å²) in [5, 5.41) is 20.9. The number of H-pyrrole nitrogens is 1. The maximum atomic E-state index is 9.78. The van der Waals surface area contributed by atoms with Crippen LogP contribution in [0.3, 0.4) is 0 Å². The molecule has 0 fully saturated rings. The van der Waals surface area contributed by atoms with Crippen LogP contribution < -0.4 is 0 Å². The Morgan fingerprint density at radius 2 is 1.72 bits per heavy atom. The van der Waals surface area contributed by atoms with Gasteiger partial charge in [-0.05, 0) is 24.4 Å². The van der Waals surface area contributed by atoms with Gasteiger partial charge in [0.05, 0.1) is 11.4 Å². The van der Waals surface area contributed by atoms with E-state index in [0.717, 1.165) is 11.3 Å². The van der Waals surface area contributed by atoms with E-state index in [1.807, 2.05) is 60.7 Å². The Kier molecular flexibility index (Phi) is 3.72. The predicted molar refractivity (Wildman–Crippen MR) is 94.4 cm³/mol. The van der Waals surface area contributed by atoms with Crippen LogP contribution in [0.4, 0.5) is 0 Å². The maximum absolute atomic E-state index is 9.78. The van der Waals surface area contributed by atoms with Crippen molar-refractivity contribution in [3.63, 3.8) is 0 Å². The molecule has 2 aromatic carbocycles. The Balaban J connectivity index is 2.05. The molecule has 0 radical (unpaired) electrons. The second kappa shape index (κ2) is 6.19. The molecule has 0 unspecified atom stereocenters. The highest BCUT2D eigenvalue weighted by atomic mass is 32.1. The molecule has 0 saturated carbocycles. The molecular weight excluding hydrogens is 334 g/mol. The van der Waals surface area contributed by atoms with Crippen molar-refractivity contribution in [1.29, 1.82) is 5.26 Å². The summed E-state index contributed by atoms with van der Waals surface area (Å²) in [6, 6.07) is 21.4. The van der Waals surface area contributed by atoms with Crippen LogP contribution in [0.25, 0.3) is 28.5 Å². The molecule has 0 spiro atoms. The SMILES string of the molecule is N#Cc1c(-c2n[nH]c(=S)o2)nn(-c2ccccc2)c1-c1ccccc1. The van der Waals surface area contributed by atoms with Crippen molar-refractivity contribution in [2.75, 3.05) is 0 Å². The third-order valence-corrected chi connectivity index (χ3v) is 3.86. The molecule has 0 aliphatic heterocycles. The lowest BCUT2D eigenvalue weighted by atomic mass is 10.1. The molecule has 120 valence electrons. The molecule has 6 nitrogen and oxygen atoms in total. The highest BCUT2D eigenvalue weighted by Gasteiger charge is 2.24. The van der Waals surface area contributed by atoms with Gasteiger partial charge < -0.3 is 4.42 Å². The van der Waals surface area contributed by atoms with E-state index in [4.69, 9.17) is 16.6 Å². The maximum Gasteiger partial charge on any atom is 0.284 e. The number of hydrogen-bond acceptors (Lipinski definition) is 5. The summed E-state index contributed by atoms with van der Waals surface area (Å²) in [7, 11) is 0. The third-order valence-electron chi connectivity index (χ3n) is 3.69. The smallest absolute Gasteiger partial charge is 0.284 e. The average molecular weight is 345 g/mol. The van der Waals surface area contributed by atoms with E-state index in [9.17, 15) is 5.26 Å². The fourth-order valence-corrected chi connectivity index (χ4v) is 2.75. The van der Waals surface area contributed by atoms with Crippen molar-refractivity contribution in [3.05, 3.63) is 71.1 Å². The largest absolute Gasteiger partial charge is 0.408 e. The normalized spacial score (nSPS) is 10.5. The number of nitriles is 1. The van der Waals surface area contributed by atoms with E-state index in [1.165, 1.54) is 0 Å². The Morgan fingerprint density at radius 1 is 1.04 bits per heavy atom. The van der Waals surface area contributed by atoms with Gasteiger partial charge in [-0.1, -0.05) is 48.5 Å². The van der Waals surface area contributed by atoms with Crippen LogP contribution in [0.15, 0.2) is 65.1 Å². The zero-order valence-electron chi connectivity index (χ0n) is 12.9. The van der Waals surface area contributed by atoms with E-state index < -0.39 is 0 Å². The van der Waals surface area contributed by atoms with Crippen molar-refractivity contribution in [2.45, 2.75) is 0 Å². The predicted octanol–water partition coefficient (Wildman–Crippen LogP) is 4.12. The lowest BCUT2D eigenvalue weighted by Gasteiger charge is -2.07. The quantitative estimate of drug-likeness (QED) is 0.565. The van der Waals surface area contributed by atoms with Crippen molar-refractivity contribution in [3.8, 4) is 34.6 Å². The minimum atomic E-state index is 0.134. The molecule has 4 aromatic rings. The van der Waals surface area contributed by atoms with Crippen LogP contribution in [0, 0.1) is 16.2 Å². The van der Waals surface area contributed by atoms with Crippen molar-refractivity contribution < 1.29 is 4.42 Å². The molecule has 25 heavy (non-hydrogen) atoms. The number of aromatic amines is 1. The molecule has 2 aromatic heterocycles. The summed E-state index contributed by atoms with van der Waals surface area (Å²) in [6.45, 7) is 0. The Bertz CT molecular complexity index is 1120. The number of nitrogens with one attached hydrogen (secondary N) is 1. The van der Waals surface area contributed by atoms with Gasteiger partial charge >= 0.3 is 0 Å². The molecule has 0 amide bonds. The lowest BCUT2D eigenvalue weighted by molar-refractivity contribution is 0.549. The van der Waals surface area contributed by atoms with Crippen molar-refractivity contribution in [1.82, 2.24) is 20.0 Å².